The van der Waals surface area contributed by atoms with Crippen molar-refractivity contribution < 1.29 is 13.2 Å². The number of carbonyl (C=O) groups excluding carboxylic acids is 1. The quantitative estimate of drug-likeness (QED) is 0.729. The minimum Gasteiger partial charge on any atom is -0.348 e. The van der Waals surface area contributed by atoms with Gasteiger partial charge in [0.1, 0.15) is 5.82 Å². The van der Waals surface area contributed by atoms with E-state index < -0.39 is 10.0 Å². The average Bonchev–Trinajstić information content (AvgIpc) is 2.92. The second-order valence-corrected chi connectivity index (χ2v) is 8.51. The van der Waals surface area contributed by atoms with E-state index >= 15 is 0 Å². The molecule has 0 saturated heterocycles. The molecule has 0 spiro atoms. The molecule has 0 fully saturated rings. The summed E-state index contributed by atoms with van der Waals surface area (Å²) >= 11 is 0. The molecule has 3 rings (SSSR count). The van der Waals surface area contributed by atoms with E-state index in [0.29, 0.717) is 17.8 Å². The van der Waals surface area contributed by atoms with Crippen LogP contribution < -0.4 is 9.62 Å². The summed E-state index contributed by atoms with van der Waals surface area (Å²) in [6.45, 7) is 2.34. The van der Waals surface area contributed by atoms with Crippen molar-refractivity contribution in [3.8, 4) is 0 Å². The summed E-state index contributed by atoms with van der Waals surface area (Å²) in [7, 11) is 0.112. The molecule has 2 aromatic carbocycles. The number of sulfonamides is 1. The first-order valence-electron chi connectivity index (χ1n) is 8.41. The molecule has 1 N–H and O–H groups in total. The van der Waals surface area contributed by atoms with Gasteiger partial charge < -0.3 is 9.88 Å². The highest BCUT2D eigenvalue weighted by atomic mass is 32.2. The molecule has 27 heavy (non-hydrogen) atoms. The van der Waals surface area contributed by atoms with E-state index in [0.717, 1.165) is 28.7 Å². The summed E-state index contributed by atoms with van der Waals surface area (Å²) in [6.07, 6.45) is 1.13. The minimum atomic E-state index is -3.33. The van der Waals surface area contributed by atoms with Gasteiger partial charge in [0, 0.05) is 26.2 Å². The number of anilines is 1. The van der Waals surface area contributed by atoms with Crippen molar-refractivity contribution in [1.29, 1.82) is 0 Å². The number of amides is 1. The second kappa shape index (κ2) is 7.03. The Morgan fingerprint density at radius 1 is 1.19 bits per heavy atom. The smallest absolute Gasteiger partial charge is 0.251 e. The molecule has 1 heterocycles. The third kappa shape index (κ3) is 3.95. The normalized spacial score (nSPS) is 11.6. The average molecular weight is 386 g/mol. The van der Waals surface area contributed by atoms with Gasteiger partial charge in [0.05, 0.1) is 23.0 Å². The Hall–Kier alpha value is -2.87. The Morgan fingerprint density at radius 3 is 2.48 bits per heavy atom. The zero-order valence-electron chi connectivity index (χ0n) is 15.7. The van der Waals surface area contributed by atoms with E-state index in [1.165, 1.54) is 11.4 Å². The van der Waals surface area contributed by atoms with Crippen LogP contribution in [0.2, 0.25) is 0 Å². The number of hydrogen-bond donors (Lipinski definition) is 1. The monoisotopic (exact) mass is 386 g/mol. The lowest BCUT2D eigenvalue weighted by atomic mass is 10.1. The molecule has 7 nitrogen and oxygen atoms in total. The molecule has 0 bridgehead atoms. The van der Waals surface area contributed by atoms with Gasteiger partial charge in [-0.25, -0.2) is 13.4 Å². The molecule has 0 saturated carbocycles. The molecule has 8 heteroatoms. The van der Waals surface area contributed by atoms with Gasteiger partial charge in [-0.3, -0.25) is 9.10 Å². The van der Waals surface area contributed by atoms with Crippen LogP contribution >= 0.6 is 0 Å². The van der Waals surface area contributed by atoms with Crippen molar-refractivity contribution in [2.75, 3.05) is 17.6 Å². The summed E-state index contributed by atoms with van der Waals surface area (Å²) in [5.41, 5.74) is 3.88. The number of fused-ring (bicyclic) bond motifs is 1. The van der Waals surface area contributed by atoms with Crippen LogP contribution in [0, 0.1) is 6.92 Å². The van der Waals surface area contributed by atoms with E-state index in [-0.39, 0.29) is 5.91 Å². The molecule has 0 radical (unpaired) electrons. The highest BCUT2D eigenvalue weighted by Gasteiger charge is 2.13. The SMILES string of the molecule is Cc1nc2cc(CNC(=O)c3ccc(N(C)S(C)(=O)=O)cc3)ccc2n1C. The van der Waals surface area contributed by atoms with Crippen molar-refractivity contribution in [3.63, 3.8) is 0 Å². The Morgan fingerprint density at radius 2 is 1.85 bits per heavy atom. The minimum absolute atomic E-state index is 0.221. The summed E-state index contributed by atoms with van der Waals surface area (Å²) in [4.78, 5) is 16.9. The van der Waals surface area contributed by atoms with E-state index in [4.69, 9.17) is 0 Å². The lowest BCUT2D eigenvalue weighted by Crippen LogP contribution is -2.25. The summed E-state index contributed by atoms with van der Waals surface area (Å²) in [6, 6.07) is 12.4. The first-order chi connectivity index (χ1) is 12.7. The topological polar surface area (TPSA) is 84.3 Å². The fraction of sp³-hybridized carbons (Fsp3) is 0.263. The molecule has 1 aromatic heterocycles. The molecule has 142 valence electrons. The van der Waals surface area contributed by atoms with Crippen LogP contribution in [0.4, 0.5) is 5.69 Å². The number of benzene rings is 2. The number of imidazole rings is 1. The van der Waals surface area contributed by atoms with Crippen molar-refractivity contribution in [1.82, 2.24) is 14.9 Å². The standard InChI is InChI=1S/C19H22N4O3S/c1-13-21-17-11-14(5-10-18(17)22(13)2)12-20-19(24)15-6-8-16(9-7-15)23(3)27(4,25)26/h5-11H,12H2,1-4H3,(H,20,24). The van der Waals surface area contributed by atoms with Crippen molar-refractivity contribution >= 4 is 32.7 Å². The van der Waals surface area contributed by atoms with Gasteiger partial charge in [0.15, 0.2) is 0 Å². The van der Waals surface area contributed by atoms with Crippen LogP contribution in [-0.4, -0.2) is 37.2 Å². The van der Waals surface area contributed by atoms with Crippen molar-refractivity contribution in [2.24, 2.45) is 7.05 Å². The number of hydrogen-bond acceptors (Lipinski definition) is 4. The van der Waals surface area contributed by atoms with Crippen LogP contribution in [0.25, 0.3) is 11.0 Å². The molecule has 1 amide bonds. The van der Waals surface area contributed by atoms with E-state index in [2.05, 4.69) is 10.3 Å². The van der Waals surface area contributed by atoms with E-state index in [9.17, 15) is 13.2 Å². The fourth-order valence-electron chi connectivity index (χ4n) is 2.77. The Balaban J connectivity index is 1.69. The molecular weight excluding hydrogens is 364 g/mol. The van der Waals surface area contributed by atoms with Gasteiger partial charge >= 0.3 is 0 Å². The van der Waals surface area contributed by atoms with Crippen LogP contribution in [0.1, 0.15) is 21.7 Å². The molecule has 0 aliphatic rings. The van der Waals surface area contributed by atoms with E-state index in [1.54, 1.807) is 24.3 Å². The lowest BCUT2D eigenvalue weighted by molar-refractivity contribution is 0.0951. The third-order valence-corrected chi connectivity index (χ3v) is 5.82. The maximum Gasteiger partial charge on any atom is 0.251 e. The molecule has 3 aromatic rings. The Bertz CT molecular complexity index is 1100. The molecule has 0 unspecified atom stereocenters. The number of nitrogens with one attached hydrogen (secondary N) is 1. The number of aromatic nitrogens is 2. The molecule has 0 aliphatic heterocycles. The van der Waals surface area contributed by atoms with Gasteiger partial charge in [-0.15, -0.1) is 0 Å². The van der Waals surface area contributed by atoms with Gasteiger partial charge in [0.2, 0.25) is 10.0 Å². The third-order valence-electron chi connectivity index (χ3n) is 4.61. The predicted molar refractivity (Wildman–Crippen MR) is 106 cm³/mol. The first kappa shape index (κ1) is 18.9. The molecular formula is C19H22N4O3S. The number of carbonyl (C=O) groups is 1. The lowest BCUT2D eigenvalue weighted by Gasteiger charge is -2.16. The van der Waals surface area contributed by atoms with Gasteiger partial charge in [0.25, 0.3) is 5.91 Å². The van der Waals surface area contributed by atoms with Crippen LogP contribution in [-0.2, 0) is 23.6 Å². The maximum absolute atomic E-state index is 12.4. The Kier molecular flexibility index (Phi) is 4.93. The summed E-state index contributed by atoms with van der Waals surface area (Å²) < 4.78 is 26.3. The van der Waals surface area contributed by atoms with Crippen LogP contribution in [0.5, 0.6) is 0 Å². The molecule has 0 aliphatic carbocycles. The highest BCUT2D eigenvalue weighted by molar-refractivity contribution is 7.92. The highest BCUT2D eigenvalue weighted by Crippen LogP contribution is 2.18. The maximum atomic E-state index is 12.4. The Labute approximate surface area is 158 Å². The van der Waals surface area contributed by atoms with Crippen LogP contribution in [0.15, 0.2) is 42.5 Å². The van der Waals surface area contributed by atoms with Gasteiger partial charge in [-0.05, 0) is 48.9 Å². The number of nitrogens with zero attached hydrogens (tertiary/aromatic N) is 3. The second-order valence-electron chi connectivity index (χ2n) is 6.50. The number of aryl methyl sites for hydroxylation is 2. The van der Waals surface area contributed by atoms with E-state index in [1.807, 2.05) is 36.7 Å². The fourth-order valence-corrected chi connectivity index (χ4v) is 3.28. The van der Waals surface area contributed by atoms with Crippen LogP contribution in [0.3, 0.4) is 0 Å². The zero-order chi connectivity index (χ0) is 19.8. The first-order valence-corrected chi connectivity index (χ1v) is 10.3. The van der Waals surface area contributed by atoms with Gasteiger partial charge in [-0.2, -0.15) is 0 Å². The predicted octanol–water partition coefficient (Wildman–Crippen LogP) is 2.21. The summed E-state index contributed by atoms with van der Waals surface area (Å²) in [5, 5.41) is 2.87. The molecule has 0 atom stereocenters. The summed E-state index contributed by atoms with van der Waals surface area (Å²) in [5.74, 6) is 0.714. The number of rotatable bonds is 5. The largest absolute Gasteiger partial charge is 0.348 e. The van der Waals surface area contributed by atoms with Gasteiger partial charge in [-0.1, -0.05) is 6.07 Å². The van der Waals surface area contributed by atoms with Crippen molar-refractivity contribution in [2.45, 2.75) is 13.5 Å². The zero-order valence-corrected chi connectivity index (χ0v) is 16.5. The van der Waals surface area contributed by atoms with Crippen molar-refractivity contribution in [3.05, 3.63) is 59.4 Å².